The van der Waals surface area contributed by atoms with E-state index in [1.54, 1.807) is 0 Å². The molecule has 0 saturated heterocycles. The molecule has 1 aromatic carbocycles. The predicted molar refractivity (Wildman–Crippen MR) is 84.3 cm³/mol. The van der Waals surface area contributed by atoms with Gasteiger partial charge in [-0.15, -0.1) is 0 Å². The van der Waals surface area contributed by atoms with E-state index >= 15 is 0 Å². The van der Waals surface area contributed by atoms with Crippen LogP contribution in [0.5, 0.6) is 0 Å². The van der Waals surface area contributed by atoms with Crippen LogP contribution in [0.3, 0.4) is 0 Å². The molecule has 0 radical (unpaired) electrons. The third-order valence-corrected chi connectivity index (χ3v) is 3.65. The van der Waals surface area contributed by atoms with E-state index in [4.69, 9.17) is 4.52 Å². The SMILES string of the molecule is CCCNCc1cccc2c1ccn2Cc1cc(C)no1. The molecule has 1 N–H and O–H groups in total. The van der Waals surface area contributed by atoms with E-state index in [-0.39, 0.29) is 0 Å². The van der Waals surface area contributed by atoms with Crippen molar-refractivity contribution in [3.8, 4) is 0 Å². The summed E-state index contributed by atoms with van der Waals surface area (Å²) in [5, 5.41) is 8.72. The van der Waals surface area contributed by atoms with Crippen LogP contribution >= 0.6 is 0 Å². The van der Waals surface area contributed by atoms with Gasteiger partial charge in [0.2, 0.25) is 0 Å². The number of hydrogen-bond acceptors (Lipinski definition) is 3. The number of hydrogen-bond donors (Lipinski definition) is 1. The van der Waals surface area contributed by atoms with E-state index in [1.807, 2.05) is 13.0 Å². The van der Waals surface area contributed by atoms with E-state index < -0.39 is 0 Å². The highest BCUT2D eigenvalue weighted by molar-refractivity contribution is 5.83. The molecule has 3 rings (SSSR count). The highest BCUT2D eigenvalue weighted by Gasteiger charge is 2.08. The van der Waals surface area contributed by atoms with Gasteiger partial charge in [-0.25, -0.2) is 0 Å². The molecule has 0 fully saturated rings. The zero-order valence-electron chi connectivity index (χ0n) is 12.6. The largest absolute Gasteiger partial charge is 0.359 e. The highest BCUT2D eigenvalue weighted by Crippen LogP contribution is 2.21. The average molecular weight is 283 g/mol. The summed E-state index contributed by atoms with van der Waals surface area (Å²) in [6.45, 7) is 6.81. The summed E-state index contributed by atoms with van der Waals surface area (Å²) in [6, 6.07) is 10.6. The Labute approximate surface area is 124 Å². The second-order valence-corrected chi connectivity index (χ2v) is 5.40. The summed E-state index contributed by atoms with van der Waals surface area (Å²) in [7, 11) is 0. The minimum atomic E-state index is 0.718. The lowest BCUT2D eigenvalue weighted by Crippen LogP contribution is -2.13. The number of fused-ring (bicyclic) bond motifs is 1. The van der Waals surface area contributed by atoms with Crippen molar-refractivity contribution in [1.29, 1.82) is 0 Å². The molecule has 21 heavy (non-hydrogen) atoms. The third-order valence-electron chi connectivity index (χ3n) is 3.65. The number of rotatable bonds is 6. The first-order chi connectivity index (χ1) is 10.3. The predicted octanol–water partition coefficient (Wildman–Crippen LogP) is 3.49. The van der Waals surface area contributed by atoms with Crippen LogP contribution in [0.25, 0.3) is 10.9 Å². The van der Waals surface area contributed by atoms with E-state index in [9.17, 15) is 0 Å². The molecule has 0 bridgehead atoms. The molecule has 4 nitrogen and oxygen atoms in total. The Kier molecular flexibility index (Phi) is 4.06. The molecule has 2 aromatic heterocycles. The van der Waals surface area contributed by atoms with Crippen molar-refractivity contribution < 1.29 is 4.52 Å². The number of aromatic nitrogens is 2. The van der Waals surface area contributed by atoms with Crippen molar-refractivity contribution in [1.82, 2.24) is 15.0 Å². The summed E-state index contributed by atoms with van der Waals surface area (Å²) >= 11 is 0. The minimum Gasteiger partial charge on any atom is -0.359 e. The fraction of sp³-hybridized carbons (Fsp3) is 0.353. The summed E-state index contributed by atoms with van der Waals surface area (Å²) in [4.78, 5) is 0. The topological polar surface area (TPSA) is 43.0 Å². The molecule has 0 aliphatic carbocycles. The molecule has 0 spiro atoms. The zero-order chi connectivity index (χ0) is 14.7. The summed E-state index contributed by atoms with van der Waals surface area (Å²) in [5.41, 5.74) is 3.50. The molecule has 0 atom stereocenters. The van der Waals surface area contributed by atoms with Crippen molar-refractivity contribution >= 4 is 10.9 Å². The number of aryl methyl sites for hydroxylation is 1. The Bertz CT molecular complexity index is 727. The van der Waals surface area contributed by atoms with Crippen molar-refractivity contribution in [2.75, 3.05) is 6.54 Å². The summed E-state index contributed by atoms with van der Waals surface area (Å²) in [6.07, 6.45) is 3.27. The molecule has 3 aromatic rings. The van der Waals surface area contributed by atoms with Crippen LogP contribution in [-0.2, 0) is 13.1 Å². The smallest absolute Gasteiger partial charge is 0.156 e. The molecular formula is C17H21N3O. The van der Waals surface area contributed by atoms with Gasteiger partial charge in [-0.3, -0.25) is 0 Å². The monoisotopic (exact) mass is 283 g/mol. The molecule has 2 heterocycles. The highest BCUT2D eigenvalue weighted by atomic mass is 16.5. The molecule has 0 aliphatic rings. The quantitative estimate of drug-likeness (QED) is 0.704. The van der Waals surface area contributed by atoms with Crippen molar-refractivity contribution in [2.24, 2.45) is 0 Å². The fourth-order valence-electron chi connectivity index (χ4n) is 2.64. The van der Waals surface area contributed by atoms with Gasteiger partial charge in [-0.1, -0.05) is 24.2 Å². The zero-order valence-corrected chi connectivity index (χ0v) is 12.6. The number of nitrogens with one attached hydrogen (secondary N) is 1. The second kappa shape index (κ2) is 6.14. The van der Waals surface area contributed by atoms with E-state index in [0.29, 0.717) is 0 Å². The Morgan fingerprint density at radius 2 is 2.19 bits per heavy atom. The van der Waals surface area contributed by atoms with Crippen molar-refractivity contribution in [3.05, 3.63) is 53.5 Å². The Hall–Kier alpha value is -2.07. The van der Waals surface area contributed by atoms with Crippen LogP contribution in [0.15, 0.2) is 41.1 Å². The molecule has 0 saturated carbocycles. The molecule has 4 heteroatoms. The van der Waals surface area contributed by atoms with Gasteiger partial charge in [0.25, 0.3) is 0 Å². The van der Waals surface area contributed by atoms with E-state index in [2.05, 4.69) is 52.4 Å². The fourth-order valence-corrected chi connectivity index (χ4v) is 2.64. The molecule has 0 unspecified atom stereocenters. The maximum Gasteiger partial charge on any atom is 0.156 e. The maximum absolute atomic E-state index is 5.31. The number of benzene rings is 1. The summed E-state index contributed by atoms with van der Waals surface area (Å²) in [5.74, 6) is 0.888. The molecule has 110 valence electrons. The molecular weight excluding hydrogens is 262 g/mol. The normalized spacial score (nSPS) is 11.3. The van der Waals surface area contributed by atoms with Gasteiger partial charge in [0.1, 0.15) is 0 Å². The first-order valence-corrected chi connectivity index (χ1v) is 7.47. The van der Waals surface area contributed by atoms with E-state index in [1.165, 1.54) is 16.5 Å². The first-order valence-electron chi connectivity index (χ1n) is 7.47. The second-order valence-electron chi connectivity index (χ2n) is 5.40. The Morgan fingerprint density at radius 3 is 2.95 bits per heavy atom. The minimum absolute atomic E-state index is 0.718. The van der Waals surface area contributed by atoms with Gasteiger partial charge < -0.3 is 14.4 Å². The lowest BCUT2D eigenvalue weighted by atomic mass is 10.1. The van der Waals surface area contributed by atoms with Gasteiger partial charge in [-0.2, -0.15) is 0 Å². The van der Waals surface area contributed by atoms with Gasteiger partial charge in [0, 0.05) is 29.7 Å². The maximum atomic E-state index is 5.31. The van der Waals surface area contributed by atoms with Crippen molar-refractivity contribution in [3.63, 3.8) is 0 Å². The van der Waals surface area contributed by atoms with Gasteiger partial charge in [0.05, 0.1) is 12.2 Å². The van der Waals surface area contributed by atoms with Crippen LogP contribution in [0, 0.1) is 6.92 Å². The summed E-state index contributed by atoms with van der Waals surface area (Å²) < 4.78 is 7.52. The van der Waals surface area contributed by atoms with Crippen LogP contribution < -0.4 is 5.32 Å². The van der Waals surface area contributed by atoms with Gasteiger partial charge in [-0.05, 0) is 37.6 Å². The van der Waals surface area contributed by atoms with Crippen LogP contribution in [-0.4, -0.2) is 16.3 Å². The van der Waals surface area contributed by atoms with Gasteiger partial charge in [0.15, 0.2) is 5.76 Å². The Balaban J connectivity index is 1.86. The van der Waals surface area contributed by atoms with Crippen LogP contribution in [0.2, 0.25) is 0 Å². The van der Waals surface area contributed by atoms with Crippen molar-refractivity contribution in [2.45, 2.75) is 33.4 Å². The average Bonchev–Trinajstić information content (AvgIpc) is 3.07. The Morgan fingerprint density at radius 1 is 1.29 bits per heavy atom. The number of nitrogens with zero attached hydrogens (tertiary/aromatic N) is 2. The van der Waals surface area contributed by atoms with Crippen LogP contribution in [0.1, 0.15) is 30.4 Å². The lowest BCUT2D eigenvalue weighted by molar-refractivity contribution is 0.374. The molecule has 0 aliphatic heterocycles. The standard InChI is InChI=1S/C17H21N3O/c1-3-8-18-11-14-5-4-6-17-16(14)7-9-20(17)12-15-10-13(2)19-21-15/h4-7,9-10,18H,3,8,11-12H2,1-2H3. The molecule has 0 amide bonds. The third kappa shape index (κ3) is 3.00. The van der Waals surface area contributed by atoms with E-state index in [0.717, 1.165) is 37.5 Å². The van der Waals surface area contributed by atoms with Crippen LogP contribution in [0.4, 0.5) is 0 Å². The lowest BCUT2D eigenvalue weighted by Gasteiger charge is -2.07. The first kappa shape index (κ1) is 13.9. The van der Waals surface area contributed by atoms with Gasteiger partial charge >= 0.3 is 0 Å².